The first-order chi connectivity index (χ1) is 4.36. The van der Waals surface area contributed by atoms with E-state index in [1.54, 1.807) is 0 Å². The van der Waals surface area contributed by atoms with Crippen LogP contribution in [0.1, 0.15) is 0 Å². The van der Waals surface area contributed by atoms with Crippen LogP contribution in [0.4, 0.5) is 4.79 Å². The van der Waals surface area contributed by atoms with Gasteiger partial charge in [0.25, 0.3) is 0 Å². The lowest BCUT2D eigenvalue weighted by Gasteiger charge is -2.00. The number of ether oxygens (including phenoxy) is 1. The molecule has 0 saturated carbocycles. The fourth-order valence-corrected chi connectivity index (χ4v) is 1.25. The number of amides is 1. The molecule has 2 atom stereocenters. The van der Waals surface area contributed by atoms with Crippen LogP contribution in [0.2, 0.25) is 0 Å². The summed E-state index contributed by atoms with van der Waals surface area (Å²) in [5, 5.41) is 5.80. The van der Waals surface area contributed by atoms with E-state index in [0.29, 0.717) is 0 Å². The Labute approximate surface area is 52.6 Å². The molecule has 0 radical (unpaired) electrons. The maximum atomic E-state index is 10.5. The number of carbonyl (C=O) groups is 1. The molecular formula is C5H8N2O2. The van der Waals surface area contributed by atoms with Crippen molar-refractivity contribution in [1.82, 2.24) is 10.6 Å². The molecule has 2 heterocycles. The average Bonchev–Trinajstić information content (AvgIpc) is 2.22. The second-order valence-corrected chi connectivity index (χ2v) is 2.35. The van der Waals surface area contributed by atoms with Gasteiger partial charge in [0.05, 0.1) is 6.04 Å². The summed E-state index contributed by atoms with van der Waals surface area (Å²) in [4.78, 5) is 10.5. The van der Waals surface area contributed by atoms with Crippen molar-refractivity contribution >= 4 is 6.09 Å². The summed E-state index contributed by atoms with van der Waals surface area (Å²) in [6.45, 7) is 1.64. The van der Waals surface area contributed by atoms with E-state index in [1.165, 1.54) is 0 Å². The van der Waals surface area contributed by atoms with Crippen LogP contribution >= 0.6 is 0 Å². The normalized spacial score (nSPS) is 39.8. The van der Waals surface area contributed by atoms with Gasteiger partial charge >= 0.3 is 6.09 Å². The summed E-state index contributed by atoms with van der Waals surface area (Å²) in [5.74, 6) is 0. The molecule has 0 unspecified atom stereocenters. The molecule has 2 aliphatic heterocycles. The summed E-state index contributed by atoms with van der Waals surface area (Å²) in [6, 6.07) is 0.220. The standard InChI is InChI=1S/C5H8N2O2/c8-5-7-3-1-6-2-4(3)9-5/h3-4,6H,1-2H2,(H,7,8)/t3-,4-/m1/s1. The van der Waals surface area contributed by atoms with Gasteiger partial charge in [-0.3, -0.25) is 0 Å². The molecule has 50 valence electrons. The van der Waals surface area contributed by atoms with Gasteiger partial charge in [-0.1, -0.05) is 0 Å². The summed E-state index contributed by atoms with van der Waals surface area (Å²) < 4.78 is 4.87. The molecule has 2 rings (SSSR count). The van der Waals surface area contributed by atoms with Gasteiger partial charge in [0.1, 0.15) is 6.10 Å². The number of alkyl carbamates (subject to hydrolysis) is 1. The van der Waals surface area contributed by atoms with Gasteiger partial charge < -0.3 is 15.4 Å². The molecule has 4 nitrogen and oxygen atoms in total. The first-order valence-corrected chi connectivity index (χ1v) is 3.04. The van der Waals surface area contributed by atoms with Crippen molar-refractivity contribution in [1.29, 1.82) is 0 Å². The third-order valence-electron chi connectivity index (χ3n) is 1.72. The van der Waals surface area contributed by atoms with Crippen LogP contribution in [0.3, 0.4) is 0 Å². The Morgan fingerprint density at radius 2 is 2.44 bits per heavy atom. The molecule has 0 aromatic carbocycles. The summed E-state index contributed by atoms with van der Waals surface area (Å²) in [6.07, 6.45) is -0.191. The van der Waals surface area contributed by atoms with Crippen LogP contribution in [0.25, 0.3) is 0 Å². The molecule has 2 aliphatic rings. The molecule has 4 heteroatoms. The van der Waals surface area contributed by atoms with Crippen LogP contribution in [0, 0.1) is 0 Å². The van der Waals surface area contributed by atoms with Crippen LogP contribution in [0.15, 0.2) is 0 Å². The Morgan fingerprint density at radius 3 is 3.22 bits per heavy atom. The minimum atomic E-state index is -0.272. The highest BCUT2D eigenvalue weighted by atomic mass is 16.6. The monoisotopic (exact) mass is 128 g/mol. The molecule has 0 aliphatic carbocycles. The summed E-state index contributed by atoms with van der Waals surface area (Å²) in [7, 11) is 0. The zero-order valence-electron chi connectivity index (χ0n) is 4.89. The lowest BCUT2D eigenvalue weighted by molar-refractivity contribution is 0.142. The predicted octanol–water partition coefficient (Wildman–Crippen LogP) is -0.933. The van der Waals surface area contributed by atoms with Gasteiger partial charge in [-0.25, -0.2) is 4.79 Å². The Hall–Kier alpha value is -0.770. The Morgan fingerprint density at radius 1 is 1.56 bits per heavy atom. The fourth-order valence-electron chi connectivity index (χ4n) is 1.25. The Kier molecular flexibility index (Phi) is 0.900. The van der Waals surface area contributed by atoms with Crippen molar-refractivity contribution in [3.8, 4) is 0 Å². The first-order valence-electron chi connectivity index (χ1n) is 3.04. The van der Waals surface area contributed by atoms with Crippen molar-refractivity contribution in [2.75, 3.05) is 13.1 Å². The Balaban J connectivity index is 2.09. The number of rotatable bonds is 0. The highest BCUT2D eigenvalue weighted by Crippen LogP contribution is 2.11. The van der Waals surface area contributed by atoms with Gasteiger partial charge in [-0.05, 0) is 0 Å². The molecule has 0 spiro atoms. The van der Waals surface area contributed by atoms with Crippen molar-refractivity contribution in [3.05, 3.63) is 0 Å². The number of nitrogens with one attached hydrogen (secondary N) is 2. The second-order valence-electron chi connectivity index (χ2n) is 2.35. The summed E-state index contributed by atoms with van der Waals surface area (Å²) in [5.41, 5.74) is 0. The SMILES string of the molecule is O=C1N[C@@H]2CNC[C@H]2O1. The van der Waals surface area contributed by atoms with E-state index in [2.05, 4.69) is 10.6 Å². The predicted molar refractivity (Wildman–Crippen MR) is 30.1 cm³/mol. The highest BCUT2D eigenvalue weighted by molar-refractivity contribution is 5.70. The fraction of sp³-hybridized carbons (Fsp3) is 0.800. The van der Waals surface area contributed by atoms with Gasteiger partial charge in [0.2, 0.25) is 0 Å². The topological polar surface area (TPSA) is 50.4 Å². The Bertz CT molecular complexity index is 134. The zero-order chi connectivity index (χ0) is 6.27. The number of hydrogen-bond acceptors (Lipinski definition) is 3. The van der Waals surface area contributed by atoms with E-state index >= 15 is 0 Å². The van der Waals surface area contributed by atoms with Crippen molar-refractivity contribution < 1.29 is 9.53 Å². The minimum Gasteiger partial charge on any atom is -0.443 e. The van der Waals surface area contributed by atoms with Crippen LogP contribution in [-0.4, -0.2) is 31.3 Å². The molecule has 0 aromatic rings. The highest BCUT2D eigenvalue weighted by Gasteiger charge is 2.37. The number of fused-ring (bicyclic) bond motifs is 1. The third kappa shape index (κ3) is 0.666. The molecule has 2 fully saturated rings. The van der Waals surface area contributed by atoms with E-state index < -0.39 is 0 Å². The molecule has 1 amide bonds. The van der Waals surface area contributed by atoms with E-state index in [4.69, 9.17) is 4.74 Å². The van der Waals surface area contributed by atoms with Crippen molar-refractivity contribution in [3.63, 3.8) is 0 Å². The lowest BCUT2D eigenvalue weighted by Crippen LogP contribution is -2.31. The maximum Gasteiger partial charge on any atom is 0.407 e. The summed E-state index contributed by atoms with van der Waals surface area (Å²) >= 11 is 0. The number of carbonyl (C=O) groups excluding carboxylic acids is 1. The smallest absolute Gasteiger partial charge is 0.407 e. The zero-order valence-corrected chi connectivity index (χ0v) is 4.89. The number of hydrogen-bond donors (Lipinski definition) is 2. The van der Waals surface area contributed by atoms with Crippen molar-refractivity contribution in [2.24, 2.45) is 0 Å². The van der Waals surface area contributed by atoms with E-state index in [9.17, 15) is 4.79 Å². The quantitative estimate of drug-likeness (QED) is 0.443. The lowest BCUT2D eigenvalue weighted by atomic mass is 10.2. The maximum absolute atomic E-state index is 10.5. The van der Waals surface area contributed by atoms with Gasteiger partial charge in [0.15, 0.2) is 0 Å². The molecule has 2 N–H and O–H groups in total. The van der Waals surface area contributed by atoms with Gasteiger partial charge in [0, 0.05) is 13.1 Å². The van der Waals surface area contributed by atoms with E-state index in [0.717, 1.165) is 13.1 Å². The second kappa shape index (κ2) is 1.60. The molecule has 0 bridgehead atoms. The molecule has 2 saturated heterocycles. The molecule has 0 aromatic heterocycles. The van der Waals surface area contributed by atoms with E-state index in [1.807, 2.05) is 0 Å². The van der Waals surface area contributed by atoms with Gasteiger partial charge in [-0.2, -0.15) is 0 Å². The van der Waals surface area contributed by atoms with E-state index in [-0.39, 0.29) is 18.2 Å². The van der Waals surface area contributed by atoms with Crippen LogP contribution < -0.4 is 10.6 Å². The minimum absolute atomic E-state index is 0.0810. The largest absolute Gasteiger partial charge is 0.443 e. The average molecular weight is 128 g/mol. The van der Waals surface area contributed by atoms with Crippen LogP contribution in [0.5, 0.6) is 0 Å². The molecule has 9 heavy (non-hydrogen) atoms. The first kappa shape index (κ1) is 5.05. The van der Waals surface area contributed by atoms with Crippen molar-refractivity contribution in [2.45, 2.75) is 12.1 Å². The van der Waals surface area contributed by atoms with Gasteiger partial charge in [-0.15, -0.1) is 0 Å². The third-order valence-corrected chi connectivity index (χ3v) is 1.72. The molecular weight excluding hydrogens is 120 g/mol. The van der Waals surface area contributed by atoms with Crippen LogP contribution in [-0.2, 0) is 4.74 Å².